The zero-order valence-electron chi connectivity index (χ0n) is 15.8. The molecule has 27 heavy (non-hydrogen) atoms. The van der Waals surface area contributed by atoms with Gasteiger partial charge < -0.3 is 13.9 Å². The quantitative estimate of drug-likeness (QED) is 0.541. The molecule has 0 aliphatic heterocycles. The summed E-state index contributed by atoms with van der Waals surface area (Å²) in [5.74, 6) is 0.385. The highest BCUT2D eigenvalue weighted by Crippen LogP contribution is 2.26. The molecule has 0 unspecified atom stereocenters. The maximum absolute atomic E-state index is 13.4. The lowest BCUT2D eigenvalue weighted by molar-refractivity contribution is -0.142. The molecule has 1 heterocycles. The molecule has 0 amide bonds. The standard InChI is InChI=1S/C22H23FO4/c1-4-15-6-7-17(12-21(24)25-5-2)19(10-15)26-13-16-8-14(3)22-18(9-16)11-20(23)27-22/h6-11H,4-5,12-13H2,1-3H3. The largest absolute Gasteiger partial charge is 0.489 e. The minimum atomic E-state index is -0.599. The number of ether oxygens (including phenoxy) is 2. The van der Waals surface area contributed by atoms with Crippen molar-refractivity contribution >= 4 is 16.9 Å². The number of carbonyl (C=O) groups excluding carboxylic acids is 1. The van der Waals surface area contributed by atoms with Crippen LogP contribution in [0, 0.1) is 12.9 Å². The third-order valence-electron chi connectivity index (χ3n) is 4.41. The van der Waals surface area contributed by atoms with E-state index in [2.05, 4.69) is 6.92 Å². The van der Waals surface area contributed by atoms with Gasteiger partial charge in [-0.1, -0.05) is 19.1 Å². The van der Waals surface area contributed by atoms with Crippen LogP contribution in [0.2, 0.25) is 0 Å². The molecule has 0 saturated heterocycles. The van der Waals surface area contributed by atoms with Crippen molar-refractivity contribution in [1.82, 2.24) is 0 Å². The molecule has 0 aliphatic rings. The van der Waals surface area contributed by atoms with Crippen LogP contribution < -0.4 is 4.74 Å². The van der Waals surface area contributed by atoms with Crippen LogP contribution in [-0.4, -0.2) is 12.6 Å². The average molecular weight is 370 g/mol. The molecule has 4 nitrogen and oxygen atoms in total. The van der Waals surface area contributed by atoms with Gasteiger partial charge in [0.05, 0.1) is 13.0 Å². The Labute approximate surface area is 157 Å². The SMILES string of the molecule is CCOC(=O)Cc1ccc(CC)cc1OCc1cc(C)c2oc(F)cc2c1. The molecule has 0 saturated carbocycles. The Morgan fingerprint density at radius 2 is 1.93 bits per heavy atom. The number of hydrogen-bond donors (Lipinski definition) is 0. The Hall–Kier alpha value is -2.82. The molecule has 0 fully saturated rings. The number of fused-ring (bicyclic) bond motifs is 1. The Bertz CT molecular complexity index is 958. The Morgan fingerprint density at radius 3 is 2.67 bits per heavy atom. The zero-order chi connectivity index (χ0) is 19.4. The molecule has 3 aromatic rings. The van der Waals surface area contributed by atoms with Crippen molar-refractivity contribution in [3.63, 3.8) is 0 Å². The highest BCUT2D eigenvalue weighted by Gasteiger charge is 2.12. The minimum absolute atomic E-state index is 0.165. The fraction of sp³-hybridized carbons (Fsp3) is 0.318. The van der Waals surface area contributed by atoms with Crippen molar-refractivity contribution in [2.75, 3.05) is 6.61 Å². The molecule has 3 rings (SSSR count). The topological polar surface area (TPSA) is 48.7 Å². The minimum Gasteiger partial charge on any atom is -0.489 e. The van der Waals surface area contributed by atoms with Crippen LogP contribution in [-0.2, 0) is 29.0 Å². The second kappa shape index (κ2) is 8.25. The van der Waals surface area contributed by atoms with Crippen molar-refractivity contribution in [3.8, 4) is 5.75 Å². The fourth-order valence-corrected chi connectivity index (χ4v) is 3.09. The van der Waals surface area contributed by atoms with E-state index >= 15 is 0 Å². The zero-order valence-corrected chi connectivity index (χ0v) is 15.8. The second-order valence-corrected chi connectivity index (χ2v) is 6.45. The lowest BCUT2D eigenvalue weighted by Crippen LogP contribution is -2.09. The van der Waals surface area contributed by atoms with Gasteiger partial charge in [-0.3, -0.25) is 4.79 Å². The summed E-state index contributed by atoms with van der Waals surface area (Å²) in [6.07, 6.45) is 1.04. The molecule has 0 spiro atoms. The van der Waals surface area contributed by atoms with Gasteiger partial charge in [-0.2, -0.15) is 4.39 Å². The van der Waals surface area contributed by atoms with Gasteiger partial charge in [-0.15, -0.1) is 0 Å². The summed E-state index contributed by atoms with van der Waals surface area (Å²) >= 11 is 0. The van der Waals surface area contributed by atoms with Crippen LogP contribution in [0.1, 0.15) is 36.1 Å². The highest BCUT2D eigenvalue weighted by molar-refractivity contribution is 5.81. The normalized spacial score (nSPS) is 11.0. The number of aryl methyl sites for hydroxylation is 2. The summed E-state index contributed by atoms with van der Waals surface area (Å²) in [5, 5.41) is 0.708. The van der Waals surface area contributed by atoms with Crippen molar-refractivity contribution in [1.29, 1.82) is 0 Å². The van der Waals surface area contributed by atoms with Crippen molar-refractivity contribution < 1.29 is 23.1 Å². The second-order valence-electron chi connectivity index (χ2n) is 6.45. The monoisotopic (exact) mass is 370 g/mol. The van der Waals surface area contributed by atoms with E-state index in [1.807, 2.05) is 37.3 Å². The fourth-order valence-electron chi connectivity index (χ4n) is 3.09. The maximum atomic E-state index is 13.4. The third-order valence-corrected chi connectivity index (χ3v) is 4.41. The van der Waals surface area contributed by atoms with E-state index in [0.717, 1.165) is 28.7 Å². The maximum Gasteiger partial charge on any atom is 0.310 e. The Morgan fingerprint density at radius 1 is 1.11 bits per heavy atom. The van der Waals surface area contributed by atoms with E-state index in [1.54, 1.807) is 6.92 Å². The predicted molar refractivity (Wildman–Crippen MR) is 101 cm³/mol. The first-order chi connectivity index (χ1) is 13.0. The summed E-state index contributed by atoms with van der Waals surface area (Å²) in [5.41, 5.74) is 4.22. The smallest absolute Gasteiger partial charge is 0.310 e. The number of benzene rings is 2. The van der Waals surface area contributed by atoms with Crippen LogP contribution in [0.25, 0.3) is 11.0 Å². The lowest BCUT2D eigenvalue weighted by atomic mass is 10.1. The van der Waals surface area contributed by atoms with E-state index in [-0.39, 0.29) is 12.4 Å². The molecular formula is C22H23FO4. The van der Waals surface area contributed by atoms with Gasteiger partial charge in [0.25, 0.3) is 6.01 Å². The van der Waals surface area contributed by atoms with E-state index in [4.69, 9.17) is 13.9 Å². The number of carbonyl (C=O) groups is 1. The molecule has 2 aromatic carbocycles. The van der Waals surface area contributed by atoms with Crippen LogP contribution >= 0.6 is 0 Å². The van der Waals surface area contributed by atoms with E-state index in [9.17, 15) is 9.18 Å². The van der Waals surface area contributed by atoms with Gasteiger partial charge in [0.15, 0.2) is 0 Å². The van der Waals surface area contributed by atoms with Crippen LogP contribution in [0.4, 0.5) is 4.39 Å². The molecule has 0 N–H and O–H groups in total. The summed E-state index contributed by atoms with van der Waals surface area (Å²) in [4.78, 5) is 11.9. The molecule has 1 aromatic heterocycles. The predicted octanol–water partition coefficient (Wildman–Crippen LogP) is 5.13. The Kier molecular flexibility index (Phi) is 5.79. The first-order valence-electron chi connectivity index (χ1n) is 9.09. The molecule has 5 heteroatoms. The molecule has 0 bridgehead atoms. The van der Waals surface area contributed by atoms with Crippen molar-refractivity contribution in [3.05, 3.63) is 64.7 Å². The molecule has 0 aliphatic carbocycles. The summed E-state index contributed by atoms with van der Waals surface area (Å²) < 4.78 is 29.5. The lowest BCUT2D eigenvalue weighted by Gasteiger charge is -2.13. The summed E-state index contributed by atoms with van der Waals surface area (Å²) in [6.45, 7) is 6.38. The summed E-state index contributed by atoms with van der Waals surface area (Å²) in [7, 11) is 0. The number of rotatable bonds is 7. The molecule has 0 radical (unpaired) electrons. The third kappa shape index (κ3) is 4.48. The average Bonchev–Trinajstić information content (AvgIpc) is 3.02. The van der Waals surface area contributed by atoms with Gasteiger partial charge >= 0.3 is 5.97 Å². The first-order valence-corrected chi connectivity index (χ1v) is 9.09. The number of hydrogen-bond acceptors (Lipinski definition) is 4. The van der Waals surface area contributed by atoms with Crippen LogP contribution in [0.3, 0.4) is 0 Å². The van der Waals surface area contributed by atoms with Crippen molar-refractivity contribution in [2.45, 2.75) is 40.2 Å². The highest BCUT2D eigenvalue weighted by atomic mass is 19.1. The van der Waals surface area contributed by atoms with Gasteiger partial charge in [0.1, 0.15) is 17.9 Å². The van der Waals surface area contributed by atoms with Gasteiger partial charge in [-0.25, -0.2) is 0 Å². The number of esters is 1. The number of furan rings is 1. The van der Waals surface area contributed by atoms with Crippen LogP contribution in [0.5, 0.6) is 5.75 Å². The molecular weight excluding hydrogens is 347 g/mol. The van der Waals surface area contributed by atoms with Gasteiger partial charge in [0.2, 0.25) is 0 Å². The van der Waals surface area contributed by atoms with E-state index in [0.29, 0.717) is 29.9 Å². The van der Waals surface area contributed by atoms with E-state index in [1.165, 1.54) is 6.07 Å². The Balaban J connectivity index is 1.82. The first kappa shape index (κ1) is 19.0. The summed E-state index contributed by atoms with van der Waals surface area (Å²) in [6, 6.07) is 10.4. The number of halogens is 1. The van der Waals surface area contributed by atoms with Gasteiger partial charge in [0, 0.05) is 17.0 Å². The molecule has 0 atom stereocenters. The van der Waals surface area contributed by atoms with Crippen molar-refractivity contribution in [2.24, 2.45) is 0 Å². The molecule has 142 valence electrons. The van der Waals surface area contributed by atoms with Crippen LogP contribution in [0.15, 0.2) is 40.8 Å². The van der Waals surface area contributed by atoms with Gasteiger partial charge in [-0.05, 0) is 55.2 Å². The van der Waals surface area contributed by atoms with E-state index < -0.39 is 6.01 Å².